The van der Waals surface area contributed by atoms with E-state index in [4.69, 9.17) is 0 Å². The maximum Gasteiger partial charge on any atom is 0.321 e. The third kappa shape index (κ3) is 4.68. The summed E-state index contributed by atoms with van der Waals surface area (Å²) >= 11 is 0. The van der Waals surface area contributed by atoms with Gasteiger partial charge < -0.3 is 15.5 Å². The van der Waals surface area contributed by atoms with E-state index in [1.807, 2.05) is 27.7 Å². The number of piperidine rings is 1. The van der Waals surface area contributed by atoms with Crippen molar-refractivity contribution in [3.63, 3.8) is 0 Å². The molecule has 0 bridgehead atoms. The van der Waals surface area contributed by atoms with Crippen LogP contribution in [0.2, 0.25) is 0 Å². The van der Waals surface area contributed by atoms with E-state index in [1.165, 1.54) is 0 Å². The number of aromatic nitrogens is 3. The van der Waals surface area contributed by atoms with E-state index in [1.54, 1.807) is 23.1 Å². The molecule has 1 aromatic heterocycles. The normalized spacial score (nSPS) is 16.9. The first-order valence-corrected chi connectivity index (χ1v) is 9.70. The van der Waals surface area contributed by atoms with E-state index in [9.17, 15) is 9.59 Å². The summed E-state index contributed by atoms with van der Waals surface area (Å²) in [7, 11) is 0. The van der Waals surface area contributed by atoms with Gasteiger partial charge in [0, 0.05) is 36.3 Å². The van der Waals surface area contributed by atoms with E-state index in [0.717, 1.165) is 30.1 Å². The van der Waals surface area contributed by atoms with Gasteiger partial charge in [0.05, 0.1) is 0 Å². The van der Waals surface area contributed by atoms with E-state index < -0.39 is 0 Å². The lowest BCUT2D eigenvalue weighted by molar-refractivity contribution is 0.0943. The Morgan fingerprint density at radius 3 is 2.71 bits per heavy atom. The molecule has 0 spiro atoms. The van der Waals surface area contributed by atoms with Gasteiger partial charge in [0.1, 0.15) is 5.82 Å². The highest BCUT2D eigenvalue weighted by atomic mass is 16.2. The minimum atomic E-state index is -0.139. The SMILES string of the molecule is Cc1nc([C@@H]2CCCN(C(=O)Nc3ccc(C(=O)NC(C)C)cc3C)C2)n[nH]1. The number of likely N-dealkylation sites (tertiary alicyclic amines) is 1. The summed E-state index contributed by atoms with van der Waals surface area (Å²) in [6, 6.07) is 5.24. The van der Waals surface area contributed by atoms with E-state index in [-0.39, 0.29) is 23.9 Å². The second kappa shape index (κ2) is 8.41. The fourth-order valence-corrected chi connectivity index (χ4v) is 3.40. The molecule has 1 aromatic carbocycles. The summed E-state index contributed by atoms with van der Waals surface area (Å²) in [6.07, 6.45) is 1.89. The molecule has 8 nitrogen and oxygen atoms in total. The van der Waals surface area contributed by atoms with Crippen LogP contribution in [0.3, 0.4) is 0 Å². The predicted molar refractivity (Wildman–Crippen MR) is 107 cm³/mol. The minimum Gasteiger partial charge on any atom is -0.350 e. The number of urea groups is 1. The molecule has 28 heavy (non-hydrogen) atoms. The van der Waals surface area contributed by atoms with Crippen LogP contribution in [0.4, 0.5) is 10.5 Å². The van der Waals surface area contributed by atoms with Gasteiger partial charge in [0.25, 0.3) is 5.91 Å². The molecule has 0 saturated carbocycles. The fraction of sp³-hybridized carbons (Fsp3) is 0.500. The molecule has 3 N–H and O–H groups in total. The van der Waals surface area contributed by atoms with Crippen LogP contribution in [-0.2, 0) is 0 Å². The van der Waals surface area contributed by atoms with Gasteiger partial charge in [0.2, 0.25) is 0 Å². The first-order chi connectivity index (χ1) is 13.3. The molecule has 0 unspecified atom stereocenters. The third-order valence-electron chi connectivity index (χ3n) is 4.84. The van der Waals surface area contributed by atoms with Gasteiger partial charge >= 0.3 is 6.03 Å². The number of hydrogen-bond donors (Lipinski definition) is 3. The van der Waals surface area contributed by atoms with Crippen LogP contribution >= 0.6 is 0 Å². The number of amides is 3. The van der Waals surface area contributed by atoms with Crippen molar-refractivity contribution in [2.24, 2.45) is 0 Å². The first-order valence-electron chi connectivity index (χ1n) is 9.70. The van der Waals surface area contributed by atoms with Gasteiger partial charge in [-0.05, 0) is 64.3 Å². The van der Waals surface area contributed by atoms with Crippen LogP contribution in [0, 0.1) is 13.8 Å². The van der Waals surface area contributed by atoms with Crippen molar-refractivity contribution < 1.29 is 9.59 Å². The number of benzene rings is 1. The van der Waals surface area contributed by atoms with Gasteiger partial charge in [-0.2, -0.15) is 5.10 Å². The molecule has 1 aliphatic heterocycles. The fourth-order valence-electron chi connectivity index (χ4n) is 3.40. The average molecular weight is 384 g/mol. The van der Waals surface area contributed by atoms with Crippen molar-refractivity contribution >= 4 is 17.6 Å². The van der Waals surface area contributed by atoms with E-state index in [0.29, 0.717) is 24.3 Å². The topological polar surface area (TPSA) is 103 Å². The summed E-state index contributed by atoms with van der Waals surface area (Å²) in [4.78, 5) is 31.1. The van der Waals surface area contributed by atoms with Gasteiger partial charge in [-0.3, -0.25) is 9.89 Å². The molecule has 3 amide bonds. The molecule has 150 valence electrons. The highest BCUT2D eigenvalue weighted by Crippen LogP contribution is 2.25. The Bertz CT molecular complexity index is 860. The highest BCUT2D eigenvalue weighted by Gasteiger charge is 2.27. The summed E-state index contributed by atoms with van der Waals surface area (Å²) < 4.78 is 0. The van der Waals surface area contributed by atoms with Crippen LogP contribution in [-0.4, -0.2) is 51.2 Å². The maximum atomic E-state index is 12.8. The number of hydrogen-bond acceptors (Lipinski definition) is 4. The Kier molecular flexibility index (Phi) is 5.96. The zero-order chi connectivity index (χ0) is 20.3. The van der Waals surface area contributed by atoms with Crippen LogP contribution in [0.15, 0.2) is 18.2 Å². The number of carbonyl (C=O) groups is 2. The summed E-state index contributed by atoms with van der Waals surface area (Å²) in [6.45, 7) is 8.90. The van der Waals surface area contributed by atoms with Gasteiger partial charge in [0.15, 0.2) is 5.82 Å². The molecular formula is C20H28N6O2. The number of rotatable bonds is 4. The molecular weight excluding hydrogens is 356 g/mol. The van der Waals surface area contributed by atoms with Crippen molar-refractivity contribution in [1.29, 1.82) is 0 Å². The lowest BCUT2D eigenvalue weighted by atomic mass is 9.97. The van der Waals surface area contributed by atoms with E-state index in [2.05, 4.69) is 25.8 Å². The monoisotopic (exact) mass is 384 g/mol. The Morgan fingerprint density at radius 1 is 1.29 bits per heavy atom. The number of aryl methyl sites for hydroxylation is 2. The van der Waals surface area contributed by atoms with Gasteiger partial charge in [-0.15, -0.1) is 0 Å². The van der Waals surface area contributed by atoms with Crippen LogP contribution in [0.25, 0.3) is 0 Å². The number of aromatic amines is 1. The summed E-state index contributed by atoms with van der Waals surface area (Å²) in [5.41, 5.74) is 2.15. The summed E-state index contributed by atoms with van der Waals surface area (Å²) in [5, 5.41) is 13.0. The van der Waals surface area contributed by atoms with Crippen molar-refractivity contribution in [2.45, 2.75) is 52.5 Å². The highest BCUT2D eigenvalue weighted by molar-refractivity contribution is 5.96. The van der Waals surface area contributed by atoms with Gasteiger partial charge in [-0.1, -0.05) is 0 Å². The largest absolute Gasteiger partial charge is 0.350 e. The van der Waals surface area contributed by atoms with Crippen molar-refractivity contribution in [2.75, 3.05) is 18.4 Å². The molecule has 1 aliphatic rings. The van der Waals surface area contributed by atoms with Crippen LogP contribution in [0.1, 0.15) is 60.2 Å². The molecule has 0 radical (unpaired) electrons. The molecule has 3 rings (SSSR count). The number of nitrogens with zero attached hydrogens (tertiary/aromatic N) is 3. The zero-order valence-corrected chi connectivity index (χ0v) is 16.9. The van der Waals surface area contributed by atoms with Crippen LogP contribution in [0.5, 0.6) is 0 Å². The summed E-state index contributed by atoms with van der Waals surface area (Å²) in [5.74, 6) is 1.59. The Balaban J connectivity index is 1.64. The van der Waals surface area contributed by atoms with Crippen LogP contribution < -0.4 is 10.6 Å². The average Bonchev–Trinajstić information content (AvgIpc) is 3.09. The standard InChI is InChI=1S/C20H28N6O2/c1-12(2)21-19(27)15-7-8-17(13(3)10-15)23-20(28)26-9-5-6-16(11-26)18-22-14(4)24-25-18/h7-8,10,12,16H,5-6,9,11H2,1-4H3,(H,21,27)(H,23,28)(H,22,24,25)/t16-/m1/s1. The second-order valence-corrected chi connectivity index (χ2v) is 7.65. The lowest BCUT2D eigenvalue weighted by Gasteiger charge is -2.31. The van der Waals surface area contributed by atoms with Crippen molar-refractivity contribution in [3.8, 4) is 0 Å². The lowest BCUT2D eigenvalue weighted by Crippen LogP contribution is -2.42. The van der Waals surface area contributed by atoms with Crippen molar-refractivity contribution in [1.82, 2.24) is 25.4 Å². The quantitative estimate of drug-likeness (QED) is 0.754. The molecule has 1 atom stereocenters. The predicted octanol–water partition coefficient (Wildman–Crippen LogP) is 2.97. The molecule has 0 aliphatic carbocycles. The maximum absolute atomic E-state index is 12.8. The second-order valence-electron chi connectivity index (χ2n) is 7.65. The Labute approximate surface area is 165 Å². The molecule has 2 aromatic rings. The molecule has 1 saturated heterocycles. The third-order valence-corrected chi connectivity index (χ3v) is 4.84. The number of anilines is 1. The molecule has 2 heterocycles. The Hall–Kier alpha value is -2.90. The number of carbonyl (C=O) groups excluding carboxylic acids is 2. The molecule has 1 fully saturated rings. The van der Waals surface area contributed by atoms with Gasteiger partial charge in [-0.25, -0.2) is 9.78 Å². The smallest absolute Gasteiger partial charge is 0.321 e. The number of nitrogens with one attached hydrogen (secondary N) is 3. The Morgan fingerprint density at radius 2 is 2.07 bits per heavy atom. The number of H-pyrrole nitrogens is 1. The first kappa shape index (κ1) is 19.9. The zero-order valence-electron chi connectivity index (χ0n) is 16.9. The molecule has 8 heteroatoms. The van der Waals surface area contributed by atoms with E-state index >= 15 is 0 Å². The van der Waals surface area contributed by atoms with Crippen molar-refractivity contribution in [3.05, 3.63) is 41.0 Å². The minimum absolute atomic E-state index is 0.0760.